The summed E-state index contributed by atoms with van der Waals surface area (Å²) < 4.78 is 0. The number of amides is 1. The van der Waals surface area contributed by atoms with Crippen LogP contribution in [0.3, 0.4) is 0 Å². The van der Waals surface area contributed by atoms with Gasteiger partial charge in [0.1, 0.15) is 0 Å². The van der Waals surface area contributed by atoms with Gasteiger partial charge < -0.3 is 5.32 Å². The van der Waals surface area contributed by atoms with Crippen LogP contribution in [0.25, 0.3) is 0 Å². The van der Waals surface area contributed by atoms with E-state index < -0.39 is 4.92 Å². The minimum Gasteiger partial charge on any atom is -0.350 e. The maximum Gasteiger partial charge on any atom is 0.272 e. The number of nitrogens with zero attached hydrogens (tertiary/aromatic N) is 1. The first-order valence-electron chi connectivity index (χ1n) is 7.37. The van der Waals surface area contributed by atoms with Crippen LogP contribution in [-0.4, -0.2) is 16.9 Å². The molecule has 1 amide bonds. The van der Waals surface area contributed by atoms with Crippen molar-refractivity contribution < 1.29 is 9.72 Å². The standard InChI is InChI=1S/C16H24N2O3/c1-11(2)6-5-7-13(4)17-16(19)14-8-9-15(18(20)21)12(3)10-14/h8-11,13H,5-7H2,1-4H3,(H,17,19). The zero-order chi connectivity index (χ0) is 16.0. The fourth-order valence-corrected chi connectivity index (χ4v) is 2.21. The van der Waals surface area contributed by atoms with Crippen LogP contribution in [-0.2, 0) is 0 Å². The largest absolute Gasteiger partial charge is 0.350 e. The zero-order valence-corrected chi connectivity index (χ0v) is 13.2. The van der Waals surface area contributed by atoms with Crippen molar-refractivity contribution in [2.75, 3.05) is 0 Å². The van der Waals surface area contributed by atoms with E-state index in [0.29, 0.717) is 17.0 Å². The molecule has 1 N–H and O–H groups in total. The summed E-state index contributed by atoms with van der Waals surface area (Å²) in [4.78, 5) is 22.4. The molecular formula is C16H24N2O3. The van der Waals surface area contributed by atoms with Gasteiger partial charge in [0.05, 0.1) is 4.92 Å². The van der Waals surface area contributed by atoms with Gasteiger partial charge in [-0.15, -0.1) is 0 Å². The Morgan fingerprint density at radius 3 is 2.48 bits per heavy atom. The minimum absolute atomic E-state index is 0.0385. The molecular weight excluding hydrogens is 268 g/mol. The van der Waals surface area contributed by atoms with Crippen LogP contribution in [0.2, 0.25) is 0 Å². The average molecular weight is 292 g/mol. The van der Waals surface area contributed by atoms with E-state index >= 15 is 0 Å². The van der Waals surface area contributed by atoms with Crippen molar-refractivity contribution >= 4 is 11.6 Å². The predicted octanol–water partition coefficient (Wildman–Crippen LogP) is 3.85. The van der Waals surface area contributed by atoms with Gasteiger partial charge >= 0.3 is 0 Å². The quantitative estimate of drug-likeness (QED) is 0.613. The Kier molecular flexibility index (Phi) is 6.34. The molecule has 116 valence electrons. The predicted molar refractivity (Wildman–Crippen MR) is 83.5 cm³/mol. The second kappa shape index (κ2) is 7.76. The van der Waals surface area contributed by atoms with Gasteiger partial charge in [-0.3, -0.25) is 14.9 Å². The average Bonchev–Trinajstić information content (AvgIpc) is 2.37. The number of hydrogen-bond donors (Lipinski definition) is 1. The SMILES string of the molecule is Cc1cc(C(=O)NC(C)CCCC(C)C)ccc1[N+](=O)[O-]. The molecule has 0 aliphatic carbocycles. The highest BCUT2D eigenvalue weighted by Crippen LogP contribution is 2.19. The van der Waals surface area contributed by atoms with Crippen LogP contribution in [0.15, 0.2) is 18.2 Å². The fourth-order valence-electron chi connectivity index (χ4n) is 2.21. The molecule has 0 saturated heterocycles. The van der Waals surface area contributed by atoms with Crippen LogP contribution in [0, 0.1) is 23.0 Å². The lowest BCUT2D eigenvalue weighted by Gasteiger charge is -2.14. The summed E-state index contributed by atoms with van der Waals surface area (Å²) in [7, 11) is 0. The van der Waals surface area contributed by atoms with Crippen molar-refractivity contribution in [1.29, 1.82) is 0 Å². The molecule has 0 heterocycles. The first-order valence-corrected chi connectivity index (χ1v) is 7.37. The van der Waals surface area contributed by atoms with Gasteiger partial charge in [0.25, 0.3) is 11.6 Å². The molecule has 0 spiro atoms. The van der Waals surface area contributed by atoms with Gasteiger partial charge in [-0.05, 0) is 38.3 Å². The third kappa shape index (κ3) is 5.53. The van der Waals surface area contributed by atoms with Gasteiger partial charge in [0.15, 0.2) is 0 Å². The Hall–Kier alpha value is -1.91. The van der Waals surface area contributed by atoms with Crippen molar-refractivity contribution in [2.24, 2.45) is 5.92 Å². The molecule has 5 heteroatoms. The molecule has 0 fully saturated rings. The van der Waals surface area contributed by atoms with E-state index in [0.717, 1.165) is 19.3 Å². The highest BCUT2D eigenvalue weighted by Gasteiger charge is 2.15. The van der Waals surface area contributed by atoms with E-state index in [1.807, 2.05) is 6.92 Å². The normalized spacial score (nSPS) is 12.2. The van der Waals surface area contributed by atoms with Crippen molar-refractivity contribution in [3.63, 3.8) is 0 Å². The number of nitrogens with one attached hydrogen (secondary N) is 1. The molecule has 1 aromatic carbocycles. The minimum atomic E-state index is -0.439. The number of carbonyl (C=O) groups is 1. The third-order valence-electron chi connectivity index (χ3n) is 3.45. The lowest BCUT2D eigenvalue weighted by molar-refractivity contribution is -0.385. The molecule has 0 radical (unpaired) electrons. The van der Waals surface area contributed by atoms with Gasteiger partial charge in [-0.2, -0.15) is 0 Å². The van der Waals surface area contributed by atoms with Crippen molar-refractivity contribution in [1.82, 2.24) is 5.32 Å². The van der Waals surface area contributed by atoms with E-state index in [1.54, 1.807) is 13.0 Å². The molecule has 0 saturated carbocycles. The zero-order valence-electron chi connectivity index (χ0n) is 13.2. The first kappa shape index (κ1) is 17.1. The molecule has 21 heavy (non-hydrogen) atoms. The van der Waals surface area contributed by atoms with E-state index in [1.165, 1.54) is 12.1 Å². The molecule has 1 unspecified atom stereocenters. The molecule has 5 nitrogen and oxygen atoms in total. The van der Waals surface area contributed by atoms with Gasteiger partial charge in [0, 0.05) is 23.2 Å². The Balaban J connectivity index is 2.59. The maximum absolute atomic E-state index is 12.1. The third-order valence-corrected chi connectivity index (χ3v) is 3.45. The molecule has 1 rings (SSSR count). The number of nitro benzene ring substituents is 1. The van der Waals surface area contributed by atoms with E-state index in [9.17, 15) is 14.9 Å². The number of hydrogen-bond acceptors (Lipinski definition) is 3. The molecule has 0 aliphatic rings. The number of rotatable bonds is 7. The van der Waals surface area contributed by atoms with Crippen LogP contribution in [0.5, 0.6) is 0 Å². The molecule has 1 atom stereocenters. The summed E-state index contributed by atoms with van der Waals surface area (Å²) in [6.45, 7) is 7.99. The summed E-state index contributed by atoms with van der Waals surface area (Å²) in [5.41, 5.74) is 1.01. The van der Waals surface area contributed by atoms with E-state index in [2.05, 4.69) is 19.2 Å². The maximum atomic E-state index is 12.1. The monoisotopic (exact) mass is 292 g/mol. The second-order valence-electron chi connectivity index (χ2n) is 5.96. The van der Waals surface area contributed by atoms with Crippen molar-refractivity contribution in [2.45, 2.75) is 53.0 Å². The fraction of sp³-hybridized carbons (Fsp3) is 0.562. The van der Waals surface area contributed by atoms with Gasteiger partial charge in [0.2, 0.25) is 0 Å². The second-order valence-corrected chi connectivity index (χ2v) is 5.96. The Labute approximate surface area is 125 Å². The lowest BCUT2D eigenvalue weighted by atomic mass is 10.0. The van der Waals surface area contributed by atoms with Crippen LogP contribution in [0.1, 0.15) is 56.0 Å². The van der Waals surface area contributed by atoms with Crippen LogP contribution in [0.4, 0.5) is 5.69 Å². The highest BCUT2D eigenvalue weighted by atomic mass is 16.6. The number of carbonyl (C=O) groups excluding carboxylic acids is 1. The van der Waals surface area contributed by atoms with E-state index in [-0.39, 0.29) is 17.6 Å². The van der Waals surface area contributed by atoms with E-state index in [4.69, 9.17) is 0 Å². The first-order chi connectivity index (χ1) is 9.81. The smallest absolute Gasteiger partial charge is 0.272 e. The number of nitro groups is 1. The lowest BCUT2D eigenvalue weighted by Crippen LogP contribution is -2.32. The summed E-state index contributed by atoms with van der Waals surface area (Å²) in [5.74, 6) is 0.496. The Morgan fingerprint density at radius 1 is 1.29 bits per heavy atom. The summed E-state index contributed by atoms with van der Waals surface area (Å²) in [6, 6.07) is 4.55. The summed E-state index contributed by atoms with van der Waals surface area (Å²) >= 11 is 0. The molecule has 0 aliphatic heterocycles. The summed E-state index contributed by atoms with van der Waals surface area (Å²) in [6.07, 6.45) is 3.17. The van der Waals surface area contributed by atoms with Gasteiger partial charge in [-0.1, -0.05) is 26.7 Å². The van der Waals surface area contributed by atoms with Crippen molar-refractivity contribution in [3.05, 3.63) is 39.4 Å². The van der Waals surface area contributed by atoms with Crippen LogP contribution < -0.4 is 5.32 Å². The molecule has 1 aromatic rings. The van der Waals surface area contributed by atoms with Crippen LogP contribution >= 0.6 is 0 Å². The Bertz CT molecular complexity index is 512. The molecule has 0 bridgehead atoms. The molecule has 0 aromatic heterocycles. The number of aryl methyl sites for hydroxylation is 1. The van der Waals surface area contributed by atoms with Crippen molar-refractivity contribution in [3.8, 4) is 0 Å². The number of benzene rings is 1. The van der Waals surface area contributed by atoms with Gasteiger partial charge in [-0.25, -0.2) is 0 Å². The topological polar surface area (TPSA) is 72.2 Å². The summed E-state index contributed by atoms with van der Waals surface area (Å²) in [5, 5.41) is 13.7. The Morgan fingerprint density at radius 2 is 1.95 bits per heavy atom. The highest BCUT2D eigenvalue weighted by molar-refractivity contribution is 5.94.